The first-order chi connectivity index (χ1) is 6.93. The van der Waals surface area contributed by atoms with Crippen molar-refractivity contribution in [2.24, 2.45) is 0 Å². The number of rotatable bonds is 0. The van der Waals surface area contributed by atoms with Crippen LogP contribution in [-0.2, 0) is 6.42 Å². The zero-order valence-electron chi connectivity index (χ0n) is 8.22. The fourth-order valence-electron chi connectivity index (χ4n) is 2.29. The molecule has 0 radical (unpaired) electrons. The molecule has 1 aliphatic heterocycles. The highest BCUT2D eigenvalue weighted by Crippen LogP contribution is 2.02. The van der Waals surface area contributed by atoms with Gasteiger partial charge < -0.3 is 8.96 Å². The van der Waals surface area contributed by atoms with E-state index in [2.05, 4.69) is 57.7 Å². The molecular weight excluding hydrogens is 171 g/mol. The van der Waals surface area contributed by atoms with Gasteiger partial charge in [0.05, 0.1) is 0 Å². The van der Waals surface area contributed by atoms with E-state index < -0.39 is 0 Å². The van der Waals surface area contributed by atoms with Crippen molar-refractivity contribution in [2.45, 2.75) is 6.42 Å². The monoisotopic (exact) mass is 183 g/mol. The Morgan fingerprint density at radius 3 is 2.00 bits per heavy atom. The summed E-state index contributed by atoms with van der Waals surface area (Å²) in [6, 6.07) is 12.9. The molecule has 14 heavy (non-hydrogen) atoms. The second-order valence-electron chi connectivity index (χ2n) is 3.98. The number of fused-ring (bicyclic) bond motifs is 2. The van der Waals surface area contributed by atoms with Gasteiger partial charge in [-0.3, -0.25) is 0 Å². The van der Waals surface area contributed by atoms with Crippen molar-refractivity contribution < 1.29 is 8.96 Å². The van der Waals surface area contributed by atoms with Crippen LogP contribution >= 0.6 is 0 Å². The number of pyridine rings is 2. The molecule has 3 rings (SSSR count). The molecule has 0 fully saturated rings. The maximum atomic E-state index is 2.41. The van der Waals surface area contributed by atoms with Gasteiger partial charge in [-0.2, -0.15) is 0 Å². The summed E-state index contributed by atoms with van der Waals surface area (Å²) in [6.07, 6.45) is 5.45. The van der Waals surface area contributed by atoms with Gasteiger partial charge in [0.15, 0.2) is 0 Å². The van der Waals surface area contributed by atoms with Crippen LogP contribution in [0.2, 0.25) is 0 Å². The van der Waals surface area contributed by atoms with Gasteiger partial charge in [0.1, 0.15) is 30.2 Å². The first-order valence-electron chi connectivity index (χ1n) is 5.14. The smallest absolute Gasteiger partial charge is 0.364 e. The lowest BCUT2D eigenvalue weighted by molar-refractivity contribution is -0.680. The molecule has 0 atom stereocenters. The molecule has 0 unspecified atom stereocenters. The molecule has 2 aromatic heterocycles. The van der Waals surface area contributed by atoms with E-state index in [1.54, 1.807) is 0 Å². The largest absolute Gasteiger partial charge is 0.526 e. The minimum atomic E-state index is -0.232. The highest BCUT2D eigenvalue weighted by molar-refractivity contribution is 6.12. The van der Waals surface area contributed by atoms with E-state index in [-0.39, 0.29) is 7.55 Å². The summed E-state index contributed by atoms with van der Waals surface area (Å²) >= 11 is 0. The van der Waals surface area contributed by atoms with Crippen LogP contribution in [0.15, 0.2) is 48.8 Å². The average molecular weight is 183 g/mol. The molecule has 0 amide bonds. The maximum Gasteiger partial charge on any atom is 0.526 e. The lowest BCUT2D eigenvalue weighted by Gasteiger charge is -2.15. The van der Waals surface area contributed by atoms with Crippen molar-refractivity contribution in [1.29, 1.82) is 0 Å². The Hall–Kier alpha value is -1.64. The van der Waals surface area contributed by atoms with Crippen molar-refractivity contribution in [1.82, 2.24) is 0 Å². The molecule has 68 valence electrons. The lowest BCUT2D eigenvalue weighted by Crippen LogP contribution is -2.65. The van der Waals surface area contributed by atoms with Crippen LogP contribution in [0.4, 0.5) is 0 Å². The van der Waals surface area contributed by atoms with Gasteiger partial charge in [0.2, 0.25) is 0 Å². The Balaban J connectivity index is 2.12. The third-order valence-corrected chi connectivity index (χ3v) is 3.12. The second kappa shape index (κ2) is 2.94. The van der Waals surface area contributed by atoms with Crippen LogP contribution in [0.1, 0.15) is 11.4 Å². The zero-order valence-corrected chi connectivity index (χ0v) is 8.22. The van der Waals surface area contributed by atoms with Crippen LogP contribution in [0.5, 0.6) is 0 Å². The summed E-state index contributed by atoms with van der Waals surface area (Å²) in [6.45, 7) is 0. The summed E-state index contributed by atoms with van der Waals surface area (Å²) in [5.41, 5.74) is 2.89. The van der Waals surface area contributed by atoms with Crippen molar-refractivity contribution in [2.75, 3.05) is 0 Å². The first kappa shape index (κ1) is 7.74. The topological polar surface area (TPSA) is 7.76 Å². The SMILES string of the molecule is [BH2-]1[n+]2ccccc2Cc2cccc[n+]21. The van der Waals surface area contributed by atoms with Gasteiger partial charge in [-0.15, -0.1) is 0 Å². The third-order valence-electron chi connectivity index (χ3n) is 3.12. The quantitative estimate of drug-likeness (QED) is 0.417. The van der Waals surface area contributed by atoms with E-state index in [0.717, 1.165) is 6.42 Å². The van der Waals surface area contributed by atoms with Crippen LogP contribution < -0.4 is 8.96 Å². The van der Waals surface area contributed by atoms with Crippen molar-refractivity contribution in [3.8, 4) is 0 Å². The maximum absolute atomic E-state index is 2.41. The van der Waals surface area contributed by atoms with E-state index in [1.807, 2.05) is 0 Å². The fraction of sp³-hybridized carbons (Fsp3) is 0.0909. The second-order valence-corrected chi connectivity index (χ2v) is 3.98. The Labute approximate surface area is 83.7 Å². The number of hydrogen-bond donors (Lipinski definition) is 0. The molecule has 3 heterocycles. The van der Waals surface area contributed by atoms with E-state index >= 15 is 0 Å². The highest BCUT2D eigenvalue weighted by Gasteiger charge is 2.20. The van der Waals surface area contributed by atoms with Crippen LogP contribution in [0.3, 0.4) is 0 Å². The van der Waals surface area contributed by atoms with Gasteiger partial charge in [-0.25, -0.2) is 0 Å². The third kappa shape index (κ3) is 1.13. The predicted octanol–water partition coefficient (Wildman–Crippen LogP) is -0.439. The molecule has 0 N–H and O–H groups in total. The lowest BCUT2D eigenvalue weighted by atomic mass is 9.99. The molecule has 1 aliphatic rings. The molecular formula is C11H12BN2+. The standard InChI is InChI=1S/C11H12BN2/c1-3-7-13-10(5-1)9-11-6-2-4-8-14(11)12-13/h1-8H,9,12H2/q+1. The number of aromatic nitrogens is 2. The minimum Gasteiger partial charge on any atom is -0.364 e. The predicted molar refractivity (Wildman–Crippen MR) is 55.4 cm³/mol. The molecule has 3 heteroatoms. The van der Waals surface area contributed by atoms with Crippen molar-refractivity contribution in [3.05, 3.63) is 60.2 Å². The zero-order chi connectivity index (χ0) is 9.38. The Kier molecular flexibility index (Phi) is 1.63. The van der Waals surface area contributed by atoms with Crippen LogP contribution in [0.25, 0.3) is 0 Å². The molecule has 0 saturated carbocycles. The van der Waals surface area contributed by atoms with Crippen LogP contribution in [0, 0.1) is 0 Å². The van der Waals surface area contributed by atoms with E-state index in [9.17, 15) is 0 Å². The minimum absolute atomic E-state index is 0.232. The normalized spacial score (nSPS) is 13.1. The van der Waals surface area contributed by atoms with Gasteiger partial charge in [-0.1, -0.05) is 12.1 Å². The van der Waals surface area contributed by atoms with E-state index in [1.165, 1.54) is 11.4 Å². The van der Waals surface area contributed by atoms with Gasteiger partial charge in [0, 0.05) is 12.1 Å². The summed E-state index contributed by atoms with van der Waals surface area (Å²) in [4.78, 5) is 0. The molecule has 2 nitrogen and oxygen atoms in total. The molecule has 0 aliphatic carbocycles. The van der Waals surface area contributed by atoms with E-state index in [4.69, 9.17) is 0 Å². The average Bonchev–Trinajstić information content (AvgIpc) is 2.26. The summed E-state index contributed by atoms with van der Waals surface area (Å²) < 4.78 is 4.82. The first-order valence-corrected chi connectivity index (χ1v) is 5.14. The molecule has 0 bridgehead atoms. The molecule has 2 aromatic rings. The van der Waals surface area contributed by atoms with Crippen molar-refractivity contribution >= 4 is 7.55 Å². The molecule has 0 saturated heterocycles. The fourth-order valence-corrected chi connectivity index (χ4v) is 2.29. The Morgan fingerprint density at radius 2 is 1.43 bits per heavy atom. The number of hydrogen-bond acceptors (Lipinski definition) is 0. The summed E-state index contributed by atoms with van der Waals surface area (Å²) in [5.74, 6) is 0. The Morgan fingerprint density at radius 1 is 0.857 bits per heavy atom. The molecule has 0 aromatic carbocycles. The Bertz CT molecular complexity index is 395. The van der Waals surface area contributed by atoms with Crippen LogP contribution in [-0.4, -0.2) is 7.55 Å². The summed E-state index contributed by atoms with van der Waals surface area (Å²) in [5, 5.41) is 0. The molecule has 0 spiro atoms. The van der Waals surface area contributed by atoms with Gasteiger partial charge >= 0.3 is 7.55 Å². The number of nitrogens with zero attached hydrogens (tertiary/aromatic N) is 2. The highest BCUT2D eigenvalue weighted by atomic mass is 15.0. The van der Waals surface area contributed by atoms with Gasteiger partial charge in [-0.05, 0) is 12.1 Å². The van der Waals surface area contributed by atoms with E-state index in [0.29, 0.717) is 0 Å². The van der Waals surface area contributed by atoms with Crippen molar-refractivity contribution in [3.63, 3.8) is 0 Å². The summed E-state index contributed by atoms with van der Waals surface area (Å²) in [7, 11) is -0.232. The van der Waals surface area contributed by atoms with Gasteiger partial charge in [0.25, 0.3) is 0 Å².